The number of carbonyl (C=O) groups excluding carboxylic acids is 1. The molecule has 0 radical (unpaired) electrons. The summed E-state index contributed by atoms with van der Waals surface area (Å²) >= 11 is 1.55. The molecule has 0 spiro atoms. The summed E-state index contributed by atoms with van der Waals surface area (Å²) in [5.74, 6) is 1.36. The molecule has 1 saturated heterocycles. The SMILES string of the molecule is O=C(c1ccc2ncsc2c1)N1CCC[C@@H](Cc2nc(-c3cnccn3)no2)C1. The predicted octanol–water partition coefficient (Wildman–Crippen LogP) is 3.23. The van der Waals surface area contributed by atoms with Crippen molar-refractivity contribution in [2.24, 2.45) is 5.92 Å². The first-order valence-corrected chi connectivity index (χ1v) is 10.4. The van der Waals surface area contributed by atoms with Crippen LogP contribution >= 0.6 is 11.3 Å². The number of carbonyl (C=O) groups is 1. The minimum Gasteiger partial charge on any atom is -0.339 e. The quantitative estimate of drug-likeness (QED) is 0.513. The molecule has 4 heterocycles. The molecular formula is C20H18N6O2S. The van der Waals surface area contributed by atoms with Crippen LogP contribution in [-0.2, 0) is 6.42 Å². The van der Waals surface area contributed by atoms with Gasteiger partial charge in [0, 0.05) is 37.5 Å². The van der Waals surface area contributed by atoms with Crippen molar-refractivity contribution in [2.75, 3.05) is 13.1 Å². The van der Waals surface area contributed by atoms with Crippen molar-refractivity contribution in [3.63, 3.8) is 0 Å². The average Bonchev–Trinajstić information content (AvgIpc) is 3.43. The van der Waals surface area contributed by atoms with Gasteiger partial charge >= 0.3 is 0 Å². The lowest BCUT2D eigenvalue weighted by Gasteiger charge is -2.32. The smallest absolute Gasteiger partial charge is 0.253 e. The van der Waals surface area contributed by atoms with E-state index in [4.69, 9.17) is 4.52 Å². The lowest BCUT2D eigenvalue weighted by atomic mass is 9.94. The molecule has 9 heteroatoms. The van der Waals surface area contributed by atoms with Crippen molar-refractivity contribution in [3.05, 3.63) is 53.8 Å². The number of aromatic nitrogens is 5. The summed E-state index contributed by atoms with van der Waals surface area (Å²) in [6.07, 6.45) is 7.44. The van der Waals surface area contributed by atoms with Gasteiger partial charge in [-0.3, -0.25) is 9.78 Å². The zero-order valence-corrected chi connectivity index (χ0v) is 16.4. The number of hydrogen-bond acceptors (Lipinski definition) is 8. The Morgan fingerprint density at radius 3 is 3.14 bits per heavy atom. The van der Waals surface area contributed by atoms with Gasteiger partial charge in [0.25, 0.3) is 5.91 Å². The summed E-state index contributed by atoms with van der Waals surface area (Å²) in [4.78, 5) is 31.9. The summed E-state index contributed by atoms with van der Waals surface area (Å²) in [5, 5.41) is 4.00. The summed E-state index contributed by atoms with van der Waals surface area (Å²) < 4.78 is 6.44. The monoisotopic (exact) mass is 406 g/mol. The molecule has 5 rings (SSSR count). The normalized spacial score (nSPS) is 17.0. The molecule has 8 nitrogen and oxygen atoms in total. The van der Waals surface area contributed by atoms with E-state index in [2.05, 4.69) is 25.1 Å². The third-order valence-corrected chi connectivity index (χ3v) is 5.90. The first-order valence-electron chi connectivity index (χ1n) is 9.48. The number of nitrogens with zero attached hydrogens (tertiary/aromatic N) is 6. The maximum atomic E-state index is 13.0. The Balaban J connectivity index is 1.27. The maximum Gasteiger partial charge on any atom is 0.253 e. The van der Waals surface area contributed by atoms with Crippen molar-refractivity contribution in [1.29, 1.82) is 0 Å². The summed E-state index contributed by atoms with van der Waals surface area (Å²) in [6, 6.07) is 5.70. The molecular weight excluding hydrogens is 388 g/mol. The van der Waals surface area contributed by atoms with E-state index in [1.807, 2.05) is 23.1 Å². The summed E-state index contributed by atoms with van der Waals surface area (Å²) in [5.41, 5.74) is 4.03. The first-order chi connectivity index (χ1) is 14.3. The van der Waals surface area contributed by atoms with Crippen LogP contribution in [0, 0.1) is 5.92 Å². The molecule has 4 aromatic rings. The molecule has 0 aliphatic carbocycles. The van der Waals surface area contributed by atoms with Gasteiger partial charge in [-0.15, -0.1) is 11.3 Å². The van der Waals surface area contributed by atoms with E-state index in [0.717, 1.165) is 29.6 Å². The zero-order valence-electron chi connectivity index (χ0n) is 15.6. The van der Waals surface area contributed by atoms with Crippen LogP contribution in [-0.4, -0.2) is 49.0 Å². The van der Waals surface area contributed by atoms with E-state index in [1.165, 1.54) is 0 Å². The largest absolute Gasteiger partial charge is 0.339 e. The Hall–Kier alpha value is -3.20. The van der Waals surface area contributed by atoms with Crippen LogP contribution in [0.5, 0.6) is 0 Å². The average molecular weight is 406 g/mol. The number of likely N-dealkylation sites (tertiary alicyclic amines) is 1. The van der Waals surface area contributed by atoms with Crippen LogP contribution in [0.3, 0.4) is 0 Å². The van der Waals surface area contributed by atoms with Gasteiger partial charge in [0.2, 0.25) is 11.7 Å². The second-order valence-corrected chi connectivity index (χ2v) is 7.99. The fraction of sp³-hybridized carbons (Fsp3) is 0.300. The number of rotatable bonds is 4. The molecule has 0 saturated carbocycles. The molecule has 1 atom stereocenters. The van der Waals surface area contributed by atoms with Crippen molar-refractivity contribution in [1.82, 2.24) is 30.0 Å². The van der Waals surface area contributed by atoms with E-state index in [0.29, 0.717) is 35.9 Å². The summed E-state index contributed by atoms with van der Waals surface area (Å²) in [7, 11) is 0. The Kier molecular flexibility index (Phi) is 4.73. The van der Waals surface area contributed by atoms with Crippen LogP contribution in [0.1, 0.15) is 29.1 Å². The first kappa shape index (κ1) is 17.9. The molecule has 1 amide bonds. The number of piperidine rings is 1. The molecule has 1 fully saturated rings. The second kappa shape index (κ2) is 7.67. The topological polar surface area (TPSA) is 97.9 Å². The number of benzene rings is 1. The van der Waals surface area contributed by atoms with Crippen molar-refractivity contribution in [2.45, 2.75) is 19.3 Å². The Morgan fingerprint density at radius 2 is 2.24 bits per heavy atom. The Bertz CT molecular complexity index is 1140. The second-order valence-electron chi connectivity index (χ2n) is 7.10. The van der Waals surface area contributed by atoms with Crippen molar-refractivity contribution < 1.29 is 9.32 Å². The minimum atomic E-state index is 0.0655. The van der Waals surface area contributed by atoms with Crippen molar-refractivity contribution >= 4 is 27.5 Å². The number of fused-ring (bicyclic) bond motifs is 1. The lowest BCUT2D eigenvalue weighted by Crippen LogP contribution is -2.40. The van der Waals surface area contributed by atoms with Gasteiger partial charge < -0.3 is 9.42 Å². The van der Waals surface area contributed by atoms with Gasteiger partial charge in [-0.2, -0.15) is 4.98 Å². The van der Waals surface area contributed by atoms with E-state index in [9.17, 15) is 4.79 Å². The van der Waals surface area contributed by atoms with Gasteiger partial charge in [0.1, 0.15) is 5.69 Å². The molecule has 29 heavy (non-hydrogen) atoms. The fourth-order valence-electron chi connectivity index (χ4n) is 3.69. The van der Waals surface area contributed by atoms with Gasteiger partial charge in [-0.1, -0.05) is 5.16 Å². The molecule has 3 aromatic heterocycles. The predicted molar refractivity (Wildman–Crippen MR) is 107 cm³/mol. The molecule has 1 aliphatic heterocycles. The van der Waals surface area contributed by atoms with Crippen LogP contribution in [0.15, 0.2) is 46.8 Å². The van der Waals surface area contributed by atoms with Gasteiger partial charge in [-0.25, -0.2) is 9.97 Å². The molecule has 0 N–H and O–H groups in total. The van der Waals surface area contributed by atoms with Gasteiger partial charge in [-0.05, 0) is 37.0 Å². The van der Waals surface area contributed by atoms with Gasteiger partial charge in [0.15, 0.2) is 0 Å². The standard InChI is InChI=1S/C20H18N6O2S/c27-20(14-3-4-15-17(9-14)29-12-23-15)26-7-1-2-13(11-26)8-18-24-19(25-28-18)16-10-21-5-6-22-16/h3-6,9-10,12-13H,1-2,7-8,11H2/t13-/m0/s1. The highest BCUT2D eigenvalue weighted by atomic mass is 32.1. The van der Waals surface area contributed by atoms with Crippen LogP contribution in [0.25, 0.3) is 21.7 Å². The lowest BCUT2D eigenvalue weighted by molar-refractivity contribution is 0.0668. The number of thiazole rings is 1. The molecule has 1 aliphatic rings. The number of amides is 1. The minimum absolute atomic E-state index is 0.0655. The third kappa shape index (κ3) is 3.73. The highest BCUT2D eigenvalue weighted by Crippen LogP contribution is 2.25. The van der Waals surface area contributed by atoms with E-state index < -0.39 is 0 Å². The molecule has 0 bridgehead atoms. The molecule has 0 unspecified atom stereocenters. The van der Waals surface area contributed by atoms with Crippen LogP contribution in [0.4, 0.5) is 0 Å². The highest BCUT2D eigenvalue weighted by molar-refractivity contribution is 7.16. The Labute approximate surface area is 170 Å². The van der Waals surface area contributed by atoms with E-state index >= 15 is 0 Å². The maximum absolute atomic E-state index is 13.0. The zero-order chi connectivity index (χ0) is 19.6. The third-order valence-electron chi connectivity index (χ3n) is 5.11. The number of hydrogen-bond donors (Lipinski definition) is 0. The molecule has 146 valence electrons. The van der Waals surface area contributed by atoms with Crippen LogP contribution in [0.2, 0.25) is 0 Å². The van der Waals surface area contributed by atoms with Crippen LogP contribution < -0.4 is 0 Å². The highest BCUT2D eigenvalue weighted by Gasteiger charge is 2.26. The summed E-state index contributed by atoms with van der Waals surface area (Å²) in [6.45, 7) is 1.45. The molecule has 1 aromatic carbocycles. The van der Waals surface area contributed by atoms with Crippen molar-refractivity contribution in [3.8, 4) is 11.5 Å². The Morgan fingerprint density at radius 1 is 1.28 bits per heavy atom. The van der Waals surface area contributed by atoms with E-state index in [-0.39, 0.29) is 11.8 Å². The fourth-order valence-corrected chi connectivity index (χ4v) is 4.41. The van der Waals surface area contributed by atoms with Gasteiger partial charge in [0.05, 0.1) is 21.9 Å². The van der Waals surface area contributed by atoms with E-state index in [1.54, 1.807) is 35.4 Å².